The molecule has 0 spiro atoms. The average molecular weight is 331 g/mol. The first-order chi connectivity index (χ1) is 9.82. The maximum atomic E-state index is 11.6. The monoisotopic (exact) mass is 331 g/mol. The quantitative estimate of drug-likeness (QED) is 0.590. The van der Waals surface area contributed by atoms with Crippen molar-refractivity contribution in [1.29, 1.82) is 0 Å². The first-order valence-corrected chi connectivity index (χ1v) is 8.42. The Labute approximate surface area is 133 Å². The van der Waals surface area contributed by atoms with Gasteiger partial charge in [-0.25, -0.2) is 9.59 Å². The molecule has 0 aromatic carbocycles. The van der Waals surface area contributed by atoms with Crippen molar-refractivity contribution in [3.63, 3.8) is 0 Å². The predicted molar refractivity (Wildman–Crippen MR) is 86.6 cm³/mol. The second-order valence-electron chi connectivity index (χ2n) is 5.21. The Balaban J connectivity index is 2.75. The van der Waals surface area contributed by atoms with E-state index in [1.54, 1.807) is 14.1 Å². The molecule has 0 aliphatic carbocycles. The van der Waals surface area contributed by atoms with Crippen molar-refractivity contribution in [3.8, 4) is 0 Å². The zero-order chi connectivity index (χ0) is 16.0. The third-order valence-corrected chi connectivity index (χ3v) is 4.61. The number of aromatic nitrogens is 1. The highest BCUT2D eigenvalue weighted by Crippen LogP contribution is 2.32. The van der Waals surface area contributed by atoms with Crippen LogP contribution in [-0.4, -0.2) is 46.2 Å². The third-order valence-electron chi connectivity index (χ3n) is 2.67. The Kier molecular flexibility index (Phi) is 6.97. The Bertz CT molecular complexity index is 501. The number of carbonyl (C=O) groups is 2. The number of carboxylic acids is 1. The number of anilines is 1. The minimum atomic E-state index is -1.07. The van der Waals surface area contributed by atoms with Gasteiger partial charge in [0.1, 0.15) is 15.6 Å². The molecule has 0 aliphatic rings. The lowest BCUT2D eigenvalue weighted by Crippen LogP contribution is -2.27. The lowest BCUT2D eigenvalue weighted by Gasteiger charge is -2.10. The Morgan fingerprint density at radius 3 is 2.62 bits per heavy atom. The first kappa shape index (κ1) is 17.8. The number of hydrogen-bond donors (Lipinski definition) is 2. The number of carboxylic acid groups (broad SMARTS) is 1. The van der Waals surface area contributed by atoms with Gasteiger partial charge in [0.25, 0.3) is 0 Å². The van der Waals surface area contributed by atoms with Crippen LogP contribution in [0.1, 0.15) is 37.0 Å². The van der Waals surface area contributed by atoms with E-state index in [9.17, 15) is 14.7 Å². The van der Waals surface area contributed by atoms with Gasteiger partial charge in [0.15, 0.2) is 0 Å². The van der Waals surface area contributed by atoms with Crippen molar-refractivity contribution < 1.29 is 14.7 Å². The van der Waals surface area contributed by atoms with E-state index >= 15 is 0 Å². The van der Waals surface area contributed by atoms with Gasteiger partial charge in [-0.2, -0.15) is 4.37 Å². The van der Waals surface area contributed by atoms with Gasteiger partial charge < -0.3 is 10.0 Å². The Morgan fingerprint density at radius 2 is 2.10 bits per heavy atom. The molecule has 6 nitrogen and oxygen atoms in total. The van der Waals surface area contributed by atoms with Crippen molar-refractivity contribution in [1.82, 2.24) is 9.27 Å². The van der Waals surface area contributed by atoms with Gasteiger partial charge >= 0.3 is 12.0 Å². The molecular formula is C13H21N3O3S2. The summed E-state index contributed by atoms with van der Waals surface area (Å²) in [6.45, 7) is 4.32. The van der Waals surface area contributed by atoms with Crippen LogP contribution in [0.3, 0.4) is 0 Å². The summed E-state index contributed by atoms with van der Waals surface area (Å²) in [6.07, 6.45) is 2.11. The van der Waals surface area contributed by atoms with Crippen LogP contribution in [-0.2, 0) is 0 Å². The summed E-state index contributed by atoms with van der Waals surface area (Å²) in [5.74, 6) is 0.391. The minimum absolute atomic E-state index is 0.0877. The van der Waals surface area contributed by atoms with Crippen LogP contribution < -0.4 is 5.32 Å². The number of aromatic carboxylic acids is 1. The van der Waals surface area contributed by atoms with E-state index in [1.807, 2.05) is 0 Å². The van der Waals surface area contributed by atoms with Crippen molar-refractivity contribution in [2.24, 2.45) is 5.92 Å². The molecule has 21 heavy (non-hydrogen) atoms. The fourth-order valence-corrected chi connectivity index (χ4v) is 3.42. The lowest BCUT2D eigenvalue weighted by molar-refractivity contribution is 0.0694. The van der Waals surface area contributed by atoms with Crippen LogP contribution in [0.25, 0.3) is 0 Å². The summed E-state index contributed by atoms with van der Waals surface area (Å²) in [5.41, 5.74) is 0.0877. The van der Waals surface area contributed by atoms with Crippen molar-refractivity contribution in [3.05, 3.63) is 5.56 Å². The van der Waals surface area contributed by atoms with Gasteiger partial charge in [-0.15, -0.1) is 11.8 Å². The number of nitrogens with one attached hydrogen (secondary N) is 1. The van der Waals surface area contributed by atoms with Crippen molar-refractivity contribution >= 4 is 40.3 Å². The molecule has 0 atom stereocenters. The summed E-state index contributed by atoms with van der Waals surface area (Å²) in [4.78, 5) is 24.4. The van der Waals surface area contributed by atoms with Gasteiger partial charge in [0, 0.05) is 14.1 Å². The van der Waals surface area contributed by atoms with E-state index in [1.165, 1.54) is 16.7 Å². The number of urea groups is 1. The van der Waals surface area contributed by atoms with E-state index in [2.05, 4.69) is 23.5 Å². The molecule has 0 fully saturated rings. The van der Waals surface area contributed by atoms with E-state index < -0.39 is 5.97 Å². The number of nitrogens with zero attached hydrogens (tertiary/aromatic N) is 2. The number of hydrogen-bond acceptors (Lipinski definition) is 5. The van der Waals surface area contributed by atoms with Crippen LogP contribution in [0.15, 0.2) is 5.03 Å². The fraction of sp³-hybridized carbons (Fsp3) is 0.615. The average Bonchev–Trinajstić information content (AvgIpc) is 2.77. The van der Waals surface area contributed by atoms with Gasteiger partial charge in [-0.3, -0.25) is 5.32 Å². The number of thioether (sulfide) groups is 1. The summed E-state index contributed by atoms with van der Waals surface area (Å²) in [5, 5.41) is 12.7. The predicted octanol–water partition coefficient (Wildman–Crippen LogP) is 3.46. The molecule has 0 unspecified atom stereocenters. The van der Waals surface area contributed by atoms with Gasteiger partial charge in [0.2, 0.25) is 0 Å². The van der Waals surface area contributed by atoms with Crippen LogP contribution in [0.4, 0.5) is 9.80 Å². The molecule has 0 saturated carbocycles. The van der Waals surface area contributed by atoms with Gasteiger partial charge in [0.05, 0.1) is 0 Å². The molecule has 8 heteroatoms. The highest BCUT2D eigenvalue weighted by atomic mass is 32.2. The molecule has 2 amide bonds. The number of rotatable bonds is 7. The SMILES string of the molecule is CC(C)CCCSc1nsc(NC(=O)N(C)C)c1C(=O)O. The first-order valence-electron chi connectivity index (χ1n) is 6.67. The maximum Gasteiger partial charge on any atom is 0.341 e. The number of carbonyl (C=O) groups excluding carboxylic acids is 1. The van der Waals surface area contributed by atoms with Crippen LogP contribution in [0.2, 0.25) is 0 Å². The second-order valence-corrected chi connectivity index (χ2v) is 7.06. The van der Waals surface area contributed by atoms with Crippen LogP contribution >= 0.6 is 23.3 Å². The van der Waals surface area contributed by atoms with Gasteiger partial charge in [-0.1, -0.05) is 20.3 Å². The molecule has 0 saturated heterocycles. The van der Waals surface area contributed by atoms with Gasteiger partial charge in [-0.05, 0) is 29.6 Å². The molecule has 118 valence electrons. The highest BCUT2D eigenvalue weighted by Gasteiger charge is 2.22. The van der Waals surface area contributed by atoms with E-state index in [0.29, 0.717) is 10.9 Å². The standard InChI is InChI=1S/C13H21N3O3S2/c1-8(2)6-5-7-20-11-9(12(17)18)10(21-15-11)14-13(19)16(3)4/h8H,5-7H2,1-4H3,(H,14,19)(H,17,18). The zero-order valence-electron chi connectivity index (χ0n) is 12.7. The molecule has 2 N–H and O–H groups in total. The molecule has 0 bridgehead atoms. The summed E-state index contributed by atoms with van der Waals surface area (Å²) in [7, 11) is 3.19. The molecule has 0 aliphatic heterocycles. The Hall–Kier alpha value is -1.28. The normalized spacial score (nSPS) is 10.7. The van der Waals surface area contributed by atoms with Crippen LogP contribution in [0, 0.1) is 5.92 Å². The molecule has 0 radical (unpaired) electrons. The Morgan fingerprint density at radius 1 is 1.43 bits per heavy atom. The highest BCUT2D eigenvalue weighted by molar-refractivity contribution is 7.99. The smallest absolute Gasteiger partial charge is 0.341 e. The van der Waals surface area contributed by atoms with E-state index in [0.717, 1.165) is 30.1 Å². The van der Waals surface area contributed by atoms with Crippen molar-refractivity contribution in [2.75, 3.05) is 25.2 Å². The van der Waals surface area contributed by atoms with Crippen LogP contribution in [0.5, 0.6) is 0 Å². The second kappa shape index (κ2) is 8.23. The maximum absolute atomic E-state index is 11.6. The molecule has 1 aromatic heterocycles. The molecule has 1 rings (SSSR count). The lowest BCUT2D eigenvalue weighted by atomic mass is 10.1. The number of amides is 2. The van der Waals surface area contributed by atoms with E-state index in [-0.39, 0.29) is 16.6 Å². The summed E-state index contributed by atoms with van der Waals surface area (Å²) < 4.78 is 4.16. The van der Waals surface area contributed by atoms with E-state index in [4.69, 9.17) is 0 Å². The summed E-state index contributed by atoms with van der Waals surface area (Å²) >= 11 is 2.43. The zero-order valence-corrected chi connectivity index (χ0v) is 14.3. The third kappa shape index (κ3) is 5.55. The fourth-order valence-electron chi connectivity index (χ4n) is 1.52. The van der Waals surface area contributed by atoms with Crippen molar-refractivity contribution in [2.45, 2.75) is 31.7 Å². The largest absolute Gasteiger partial charge is 0.477 e. The molecule has 1 aromatic rings. The summed E-state index contributed by atoms with van der Waals surface area (Å²) in [6, 6.07) is -0.363. The minimum Gasteiger partial charge on any atom is -0.477 e. The topological polar surface area (TPSA) is 82.5 Å². The molecular weight excluding hydrogens is 310 g/mol. The molecule has 1 heterocycles.